The number of alkyl halides is 2. The highest BCUT2D eigenvalue weighted by atomic mass is 19.3. The fraction of sp³-hybridized carbons (Fsp3) is 0.136. The van der Waals surface area contributed by atoms with Crippen molar-refractivity contribution in [3.8, 4) is 17.0 Å². The van der Waals surface area contributed by atoms with Crippen molar-refractivity contribution in [2.24, 2.45) is 7.05 Å². The summed E-state index contributed by atoms with van der Waals surface area (Å²) >= 11 is 0. The third-order valence-corrected chi connectivity index (χ3v) is 4.66. The molecule has 0 fully saturated rings. The number of para-hydroxylation sites is 1. The standard InChI is InChI=1S/C22H17F3N4O2/c1-12-16(11-29(2)28-12)19-10-15(14-5-3-4-6-17(14)26-19)21(30)27-18-8-7-13(23)9-20(18)31-22(24)25/h3-11,22H,1-2H3,(H,27,30). The number of rotatable bonds is 5. The highest BCUT2D eigenvalue weighted by Crippen LogP contribution is 2.30. The minimum Gasteiger partial charge on any atom is -0.432 e. The van der Waals surface area contributed by atoms with Gasteiger partial charge in [0.2, 0.25) is 0 Å². The van der Waals surface area contributed by atoms with Crippen molar-refractivity contribution in [2.75, 3.05) is 5.32 Å². The third kappa shape index (κ3) is 4.20. The summed E-state index contributed by atoms with van der Waals surface area (Å²) in [6, 6.07) is 11.7. The molecule has 9 heteroatoms. The van der Waals surface area contributed by atoms with Crippen LogP contribution in [0.4, 0.5) is 18.9 Å². The molecular weight excluding hydrogens is 409 g/mol. The second-order valence-corrected chi connectivity index (χ2v) is 6.85. The Kier molecular flexibility index (Phi) is 5.33. The SMILES string of the molecule is Cc1nn(C)cc1-c1cc(C(=O)Nc2ccc(F)cc2OC(F)F)c2ccccc2n1. The van der Waals surface area contributed by atoms with Gasteiger partial charge in [0.05, 0.1) is 28.2 Å². The summed E-state index contributed by atoms with van der Waals surface area (Å²) in [6.45, 7) is -1.34. The average Bonchev–Trinajstić information content (AvgIpc) is 3.06. The average molecular weight is 426 g/mol. The van der Waals surface area contributed by atoms with Crippen molar-refractivity contribution in [3.05, 3.63) is 71.8 Å². The van der Waals surface area contributed by atoms with Crippen LogP contribution in [0.1, 0.15) is 16.1 Å². The molecule has 4 aromatic rings. The summed E-state index contributed by atoms with van der Waals surface area (Å²) < 4.78 is 44.9. The highest BCUT2D eigenvalue weighted by Gasteiger charge is 2.19. The van der Waals surface area contributed by atoms with E-state index in [1.165, 1.54) is 6.07 Å². The molecule has 2 heterocycles. The summed E-state index contributed by atoms with van der Waals surface area (Å²) in [6.07, 6.45) is 1.79. The zero-order valence-electron chi connectivity index (χ0n) is 16.6. The van der Waals surface area contributed by atoms with Gasteiger partial charge in [-0.05, 0) is 31.2 Å². The van der Waals surface area contributed by atoms with Gasteiger partial charge in [0, 0.05) is 30.3 Å². The van der Waals surface area contributed by atoms with E-state index in [1.807, 2.05) is 6.92 Å². The van der Waals surface area contributed by atoms with Gasteiger partial charge in [-0.15, -0.1) is 0 Å². The normalized spacial score (nSPS) is 11.2. The first-order valence-corrected chi connectivity index (χ1v) is 9.28. The Morgan fingerprint density at radius 1 is 1.16 bits per heavy atom. The van der Waals surface area contributed by atoms with E-state index in [4.69, 9.17) is 0 Å². The second kappa shape index (κ2) is 8.10. The molecule has 2 aromatic heterocycles. The molecule has 4 rings (SSSR count). The van der Waals surface area contributed by atoms with E-state index < -0.39 is 24.1 Å². The Hall–Kier alpha value is -3.88. The molecule has 0 bridgehead atoms. The number of ether oxygens (including phenoxy) is 1. The number of hydrogen-bond acceptors (Lipinski definition) is 4. The molecule has 0 atom stereocenters. The van der Waals surface area contributed by atoms with Gasteiger partial charge in [-0.2, -0.15) is 13.9 Å². The number of anilines is 1. The summed E-state index contributed by atoms with van der Waals surface area (Å²) in [5.41, 5.74) is 2.81. The van der Waals surface area contributed by atoms with Crippen molar-refractivity contribution in [2.45, 2.75) is 13.5 Å². The van der Waals surface area contributed by atoms with E-state index in [0.29, 0.717) is 16.6 Å². The monoisotopic (exact) mass is 426 g/mol. The zero-order valence-corrected chi connectivity index (χ0v) is 16.6. The number of carbonyl (C=O) groups is 1. The van der Waals surface area contributed by atoms with Crippen LogP contribution in [0.25, 0.3) is 22.2 Å². The van der Waals surface area contributed by atoms with E-state index >= 15 is 0 Å². The smallest absolute Gasteiger partial charge is 0.387 e. The lowest BCUT2D eigenvalue weighted by Gasteiger charge is -2.13. The summed E-state index contributed by atoms with van der Waals surface area (Å²) in [5, 5.41) is 7.42. The van der Waals surface area contributed by atoms with E-state index in [0.717, 1.165) is 23.4 Å². The van der Waals surface area contributed by atoms with Gasteiger partial charge in [-0.1, -0.05) is 18.2 Å². The number of fused-ring (bicyclic) bond motifs is 1. The van der Waals surface area contributed by atoms with Crippen molar-refractivity contribution in [1.82, 2.24) is 14.8 Å². The number of aromatic nitrogens is 3. The maximum atomic E-state index is 13.5. The largest absolute Gasteiger partial charge is 0.432 e. The summed E-state index contributed by atoms with van der Waals surface area (Å²) in [5.74, 6) is -1.81. The van der Waals surface area contributed by atoms with Gasteiger partial charge >= 0.3 is 6.61 Å². The minimum absolute atomic E-state index is 0.0771. The Bertz CT molecular complexity index is 1290. The van der Waals surface area contributed by atoms with Crippen molar-refractivity contribution < 1.29 is 22.7 Å². The lowest BCUT2D eigenvalue weighted by Crippen LogP contribution is -2.15. The van der Waals surface area contributed by atoms with Crippen LogP contribution in [0.3, 0.4) is 0 Å². The van der Waals surface area contributed by atoms with Crippen LogP contribution in [0.5, 0.6) is 5.75 Å². The minimum atomic E-state index is -3.17. The number of aryl methyl sites for hydroxylation is 2. The van der Waals surface area contributed by atoms with Crippen LogP contribution in [0.15, 0.2) is 54.7 Å². The number of halogens is 3. The van der Waals surface area contributed by atoms with Crippen LogP contribution in [-0.2, 0) is 7.05 Å². The van der Waals surface area contributed by atoms with E-state index in [1.54, 1.807) is 48.3 Å². The predicted molar refractivity (Wildman–Crippen MR) is 110 cm³/mol. The molecule has 158 valence electrons. The van der Waals surface area contributed by atoms with Gasteiger partial charge in [0.15, 0.2) is 5.75 Å². The Morgan fingerprint density at radius 2 is 1.94 bits per heavy atom. The van der Waals surface area contributed by atoms with Gasteiger partial charge in [-0.25, -0.2) is 9.37 Å². The van der Waals surface area contributed by atoms with Gasteiger partial charge in [0.25, 0.3) is 5.91 Å². The fourth-order valence-corrected chi connectivity index (χ4v) is 3.33. The molecule has 2 aromatic carbocycles. The summed E-state index contributed by atoms with van der Waals surface area (Å²) in [4.78, 5) is 17.8. The molecule has 0 radical (unpaired) electrons. The van der Waals surface area contributed by atoms with Crippen molar-refractivity contribution in [3.63, 3.8) is 0 Å². The topological polar surface area (TPSA) is 69.0 Å². The summed E-state index contributed by atoms with van der Waals surface area (Å²) in [7, 11) is 1.78. The Morgan fingerprint density at radius 3 is 2.65 bits per heavy atom. The van der Waals surface area contributed by atoms with Crippen LogP contribution in [0, 0.1) is 12.7 Å². The third-order valence-electron chi connectivity index (χ3n) is 4.66. The second-order valence-electron chi connectivity index (χ2n) is 6.85. The van der Waals surface area contributed by atoms with Crippen molar-refractivity contribution >= 4 is 22.5 Å². The van der Waals surface area contributed by atoms with E-state index in [-0.39, 0.29) is 11.3 Å². The van der Waals surface area contributed by atoms with E-state index in [2.05, 4.69) is 20.1 Å². The first-order valence-electron chi connectivity index (χ1n) is 9.28. The number of nitrogens with zero attached hydrogens (tertiary/aromatic N) is 3. The van der Waals surface area contributed by atoms with Crippen LogP contribution in [0.2, 0.25) is 0 Å². The zero-order chi connectivity index (χ0) is 22.1. The number of carbonyl (C=O) groups excluding carboxylic acids is 1. The van der Waals surface area contributed by atoms with E-state index in [9.17, 15) is 18.0 Å². The van der Waals surface area contributed by atoms with Crippen molar-refractivity contribution in [1.29, 1.82) is 0 Å². The highest BCUT2D eigenvalue weighted by molar-refractivity contribution is 6.13. The molecule has 0 aliphatic carbocycles. The molecule has 1 amide bonds. The molecule has 0 spiro atoms. The molecule has 1 N–H and O–H groups in total. The van der Waals surface area contributed by atoms with Gasteiger partial charge < -0.3 is 10.1 Å². The fourth-order valence-electron chi connectivity index (χ4n) is 3.33. The quantitative estimate of drug-likeness (QED) is 0.491. The Balaban J connectivity index is 1.79. The van der Waals surface area contributed by atoms with Crippen LogP contribution < -0.4 is 10.1 Å². The lowest BCUT2D eigenvalue weighted by molar-refractivity contribution is -0.0495. The molecule has 0 saturated heterocycles. The van der Waals surface area contributed by atoms with Crippen LogP contribution in [-0.4, -0.2) is 27.3 Å². The number of hydrogen-bond donors (Lipinski definition) is 1. The number of pyridine rings is 1. The molecule has 6 nitrogen and oxygen atoms in total. The maximum absolute atomic E-state index is 13.5. The van der Waals surface area contributed by atoms with Crippen LogP contribution >= 0.6 is 0 Å². The molecule has 0 saturated carbocycles. The first kappa shape index (κ1) is 20.4. The molecular formula is C22H17F3N4O2. The molecule has 0 aliphatic rings. The molecule has 0 aliphatic heterocycles. The Labute approximate surface area is 175 Å². The number of nitrogens with one attached hydrogen (secondary N) is 1. The maximum Gasteiger partial charge on any atom is 0.387 e. The number of amides is 1. The van der Waals surface area contributed by atoms with Gasteiger partial charge in [0.1, 0.15) is 5.82 Å². The molecule has 0 unspecified atom stereocenters. The lowest BCUT2D eigenvalue weighted by atomic mass is 10.0. The predicted octanol–water partition coefficient (Wildman–Crippen LogP) is 4.94. The number of benzene rings is 2. The molecule has 31 heavy (non-hydrogen) atoms. The first-order chi connectivity index (χ1) is 14.8. The van der Waals surface area contributed by atoms with Gasteiger partial charge in [-0.3, -0.25) is 9.48 Å².